The molecule has 0 atom stereocenters. The van der Waals surface area contributed by atoms with E-state index in [1.807, 2.05) is 0 Å². The molecule has 0 bridgehead atoms. The number of halogens is 3. The molecule has 0 saturated heterocycles. The molecular formula is C4H5Br2FO2. The highest BCUT2D eigenvalue weighted by Crippen LogP contribution is 2.27. The number of esters is 1. The molecule has 0 aromatic heterocycles. The molecule has 0 radical (unpaired) electrons. The molecule has 0 spiro atoms. The van der Waals surface area contributed by atoms with Gasteiger partial charge in [0.2, 0.25) is 3.42 Å². The van der Waals surface area contributed by atoms with Crippen LogP contribution in [-0.2, 0) is 9.53 Å². The standard InChI is InChI=1S/C4H5Br2FO2/c1-3(8)9-4(5,6)2-7/h2H2,1H3. The van der Waals surface area contributed by atoms with Gasteiger partial charge in [-0.1, -0.05) is 0 Å². The highest BCUT2D eigenvalue weighted by atomic mass is 79.9. The predicted molar refractivity (Wildman–Crippen MR) is 38.3 cm³/mol. The molecule has 54 valence electrons. The molecule has 9 heavy (non-hydrogen) atoms. The minimum absolute atomic E-state index is 0.540. The molecule has 0 amide bonds. The van der Waals surface area contributed by atoms with E-state index >= 15 is 0 Å². The Morgan fingerprint density at radius 1 is 1.78 bits per heavy atom. The van der Waals surface area contributed by atoms with Crippen LogP contribution in [-0.4, -0.2) is 16.1 Å². The van der Waals surface area contributed by atoms with Gasteiger partial charge in [-0.3, -0.25) is 4.79 Å². The molecule has 0 rings (SSSR count). The summed E-state index contributed by atoms with van der Waals surface area (Å²) in [7, 11) is 0. The van der Waals surface area contributed by atoms with Gasteiger partial charge >= 0.3 is 5.97 Å². The normalized spacial score (nSPS) is 11.1. The van der Waals surface area contributed by atoms with Gasteiger partial charge in [0.1, 0.15) is 6.67 Å². The third-order valence-corrected chi connectivity index (χ3v) is 1.20. The average Bonchev–Trinajstić information content (AvgIpc) is 1.63. The van der Waals surface area contributed by atoms with Crippen LogP contribution >= 0.6 is 31.9 Å². The first-order chi connectivity index (χ1) is 3.98. The topological polar surface area (TPSA) is 26.3 Å². The van der Waals surface area contributed by atoms with Crippen LogP contribution in [0.25, 0.3) is 0 Å². The first-order valence-corrected chi connectivity index (χ1v) is 3.70. The summed E-state index contributed by atoms with van der Waals surface area (Å²) < 4.78 is 14.8. The Labute approximate surface area is 69.0 Å². The zero-order valence-electron chi connectivity index (χ0n) is 4.66. The van der Waals surface area contributed by atoms with E-state index < -0.39 is 16.1 Å². The molecule has 0 aromatic rings. The van der Waals surface area contributed by atoms with Gasteiger partial charge in [-0.25, -0.2) is 4.39 Å². The van der Waals surface area contributed by atoms with Gasteiger partial charge in [0.05, 0.1) is 0 Å². The third-order valence-electron chi connectivity index (χ3n) is 0.449. The van der Waals surface area contributed by atoms with Crippen LogP contribution in [0, 0.1) is 0 Å². The zero-order chi connectivity index (χ0) is 7.49. The van der Waals surface area contributed by atoms with Crippen LogP contribution in [0.5, 0.6) is 0 Å². The van der Waals surface area contributed by atoms with Crippen molar-refractivity contribution in [2.45, 2.75) is 10.3 Å². The molecule has 0 aromatic carbocycles. The van der Waals surface area contributed by atoms with Crippen LogP contribution in [0.3, 0.4) is 0 Å². The fraction of sp³-hybridized carbons (Fsp3) is 0.750. The number of hydrogen-bond acceptors (Lipinski definition) is 2. The van der Waals surface area contributed by atoms with Crippen molar-refractivity contribution in [2.75, 3.05) is 6.67 Å². The second-order valence-electron chi connectivity index (χ2n) is 1.36. The van der Waals surface area contributed by atoms with E-state index in [4.69, 9.17) is 0 Å². The van der Waals surface area contributed by atoms with E-state index in [0.29, 0.717) is 0 Å². The van der Waals surface area contributed by atoms with Gasteiger partial charge in [-0.2, -0.15) is 0 Å². The number of carbonyl (C=O) groups excluding carboxylic acids is 1. The van der Waals surface area contributed by atoms with E-state index in [1.54, 1.807) is 0 Å². The molecule has 0 heterocycles. The maximum Gasteiger partial charge on any atom is 0.304 e. The first-order valence-electron chi connectivity index (χ1n) is 2.11. The predicted octanol–water partition coefficient (Wildman–Crippen LogP) is 1.96. The molecule has 0 fully saturated rings. The van der Waals surface area contributed by atoms with Crippen molar-refractivity contribution in [1.82, 2.24) is 0 Å². The van der Waals surface area contributed by atoms with E-state index in [1.165, 1.54) is 6.92 Å². The van der Waals surface area contributed by atoms with Gasteiger partial charge in [-0.05, 0) is 31.9 Å². The minimum Gasteiger partial charge on any atom is -0.434 e. The summed E-state index contributed by atoms with van der Waals surface area (Å²) in [6.07, 6.45) is 0. The molecule has 0 unspecified atom stereocenters. The van der Waals surface area contributed by atoms with Crippen molar-refractivity contribution in [2.24, 2.45) is 0 Å². The second-order valence-corrected chi connectivity index (χ2v) is 4.99. The van der Waals surface area contributed by atoms with Gasteiger partial charge in [0, 0.05) is 6.92 Å². The van der Waals surface area contributed by atoms with E-state index in [0.717, 1.165) is 0 Å². The lowest BCUT2D eigenvalue weighted by Gasteiger charge is -2.14. The highest BCUT2D eigenvalue weighted by Gasteiger charge is 2.25. The summed E-state index contributed by atoms with van der Waals surface area (Å²) in [5.41, 5.74) is 0. The number of carbonyl (C=O) groups is 1. The number of ether oxygens (including phenoxy) is 1. The van der Waals surface area contributed by atoms with Gasteiger partial charge in [0.15, 0.2) is 0 Å². The maximum absolute atomic E-state index is 11.8. The molecule has 0 aliphatic heterocycles. The Hall–Kier alpha value is 0.360. The lowest BCUT2D eigenvalue weighted by Crippen LogP contribution is -2.21. The first kappa shape index (κ1) is 9.36. The SMILES string of the molecule is CC(=O)OC(Br)(Br)CF. The minimum atomic E-state index is -1.33. The van der Waals surface area contributed by atoms with Crippen LogP contribution in [0.2, 0.25) is 0 Å². The molecule has 0 N–H and O–H groups in total. The summed E-state index contributed by atoms with van der Waals surface area (Å²) in [6, 6.07) is 0. The zero-order valence-corrected chi connectivity index (χ0v) is 7.83. The number of rotatable bonds is 2. The Kier molecular flexibility index (Phi) is 3.65. The van der Waals surface area contributed by atoms with E-state index in [9.17, 15) is 9.18 Å². The smallest absolute Gasteiger partial charge is 0.304 e. The summed E-state index contributed by atoms with van der Waals surface area (Å²) >= 11 is 5.56. The van der Waals surface area contributed by atoms with Crippen LogP contribution < -0.4 is 0 Å². The summed E-state index contributed by atoms with van der Waals surface area (Å²) in [4.78, 5) is 10.2. The van der Waals surface area contributed by atoms with Gasteiger partial charge in [-0.15, -0.1) is 0 Å². The molecule has 0 aliphatic carbocycles. The number of alkyl halides is 3. The molecule has 0 aliphatic rings. The van der Waals surface area contributed by atoms with Crippen molar-refractivity contribution in [3.8, 4) is 0 Å². The molecular weight excluding hydrogens is 259 g/mol. The van der Waals surface area contributed by atoms with Crippen molar-refractivity contribution in [3.05, 3.63) is 0 Å². The van der Waals surface area contributed by atoms with Crippen molar-refractivity contribution in [3.63, 3.8) is 0 Å². The van der Waals surface area contributed by atoms with Crippen molar-refractivity contribution >= 4 is 37.8 Å². The van der Waals surface area contributed by atoms with Gasteiger partial charge in [0.25, 0.3) is 0 Å². The highest BCUT2D eigenvalue weighted by molar-refractivity contribution is 9.25. The van der Waals surface area contributed by atoms with E-state index in [-0.39, 0.29) is 0 Å². The Morgan fingerprint density at radius 2 is 2.22 bits per heavy atom. The monoisotopic (exact) mass is 262 g/mol. The average molecular weight is 264 g/mol. The fourth-order valence-electron chi connectivity index (χ4n) is 0.238. The lowest BCUT2D eigenvalue weighted by atomic mass is 10.7. The Morgan fingerprint density at radius 3 is 2.33 bits per heavy atom. The van der Waals surface area contributed by atoms with E-state index in [2.05, 4.69) is 36.6 Å². The Bertz CT molecular complexity index is 115. The van der Waals surface area contributed by atoms with Crippen molar-refractivity contribution in [1.29, 1.82) is 0 Å². The maximum atomic E-state index is 11.8. The van der Waals surface area contributed by atoms with Crippen LogP contribution in [0.15, 0.2) is 0 Å². The van der Waals surface area contributed by atoms with Crippen LogP contribution in [0.1, 0.15) is 6.92 Å². The lowest BCUT2D eigenvalue weighted by molar-refractivity contribution is -0.143. The van der Waals surface area contributed by atoms with Crippen molar-refractivity contribution < 1.29 is 13.9 Å². The molecule has 5 heteroatoms. The number of hydrogen-bond donors (Lipinski definition) is 0. The molecule has 2 nitrogen and oxygen atoms in total. The summed E-state index contributed by atoms with van der Waals surface area (Å²) in [5, 5.41) is 0. The summed E-state index contributed by atoms with van der Waals surface area (Å²) in [6.45, 7) is 0.388. The Balaban J connectivity index is 3.71. The molecule has 0 saturated carbocycles. The second kappa shape index (κ2) is 3.51. The summed E-state index contributed by atoms with van der Waals surface area (Å²) in [5.74, 6) is -0.540. The largest absolute Gasteiger partial charge is 0.434 e. The third kappa shape index (κ3) is 4.84. The quantitative estimate of drug-likeness (QED) is 0.563. The van der Waals surface area contributed by atoms with Crippen LogP contribution in [0.4, 0.5) is 4.39 Å². The van der Waals surface area contributed by atoms with Gasteiger partial charge < -0.3 is 4.74 Å². The fourth-order valence-corrected chi connectivity index (χ4v) is 0.693.